The molecule has 1 aliphatic heterocycles. The number of hydrogen-bond acceptors (Lipinski definition) is 5. The Morgan fingerprint density at radius 1 is 1.13 bits per heavy atom. The quantitative estimate of drug-likeness (QED) is 0.535. The molecule has 5 rings (SSSR count). The molecule has 0 amide bonds. The van der Waals surface area contributed by atoms with E-state index in [1.807, 2.05) is 30.6 Å². The van der Waals surface area contributed by atoms with Crippen LogP contribution in [0.25, 0.3) is 22.2 Å². The number of hydrogen-bond donors (Lipinski definition) is 2. The van der Waals surface area contributed by atoms with Gasteiger partial charge >= 0.3 is 0 Å². The molecule has 30 heavy (non-hydrogen) atoms. The van der Waals surface area contributed by atoms with Crippen molar-refractivity contribution in [1.82, 2.24) is 19.5 Å². The summed E-state index contributed by atoms with van der Waals surface area (Å²) in [6.45, 7) is 2.03. The molecular weight excluding hydrogens is 378 g/mol. The molecule has 3 aromatic heterocycles. The standard InChI is InChI=1S/C23H23N5O2/c29-22-14-18(20-4-9-25-23(27-20)26-19-6-11-30-12-7-19)5-10-28(22)15-16-1-2-17-3-8-24-21(17)13-16/h1-5,8-10,13-14,19,24H,6-7,11-12,15H2,(H,25,26,27). The molecule has 7 heteroatoms. The third-order valence-corrected chi connectivity index (χ3v) is 5.47. The van der Waals surface area contributed by atoms with Gasteiger partial charge in [-0.3, -0.25) is 4.79 Å². The number of aromatic nitrogens is 4. The van der Waals surface area contributed by atoms with Crippen LogP contribution in [0.15, 0.2) is 65.8 Å². The van der Waals surface area contributed by atoms with Crippen LogP contribution in [0.1, 0.15) is 18.4 Å². The summed E-state index contributed by atoms with van der Waals surface area (Å²) >= 11 is 0. The smallest absolute Gasteiger partial charge is 0.251 e. The molecule has 0 atom stereocenters. The minimum absolute atomic E-state index is 0.0587. The third kappa shape index (κ3) is 3.97. The Morgan fingerprint density at radius 3 is 2.90 bits per heavy atom. The zero-order chi connectivity index (χ0) is 20.3. The Morgan fingerprint density at radius 2 is 2.03 bits per heavy atom. The van der Waals surface area contributed by atoms with E-state index >= 15 is 0 Å². The number of nitrogens with one attached hydrogen (secondary N) is 2. The molecule has 0 radical (unpaired) electrons. The van der Waals surface area contributed by atoms with Crippen molar-refractivity contribution in [2.45, 2.75) is 25.4 Å². The number of rotatable bonds is 5. The zero-order valence-electron chi connectivity index (χ0n) is 16.5. The molecule has 4 heterocycles. The first-order valence-corrected chi connectivity index (χ1v) is 10.2. The first kappa shape index (κ1) is 18.6. The van der Waals surface area contributed by atoms with Crippen molar-refractivity contribution in [3.63, 3.8) is 0 Å². The van der Waals surface area contributed by atoms with Gasteiger partial charge in [0.1, 0.15) is 0 Å². The van der Waals surface area contributed by atoms with Crippen molar-refractivity contribution in [3.05, 3.63) is 77.0 Å². The lowest BCUT2D eigenvalue weighted by Crippen LogP contribution is -2.28. The molecule has 1 aliphatic rings. The van der Waals surface area contributed by atoms with E-state index in [1.165, 1.54) is 0 Å². The highest BCUT2D eigenvalue weighted by atomic mass is 16.5. The molecule has 0 unspecified atom stereocenters. The summed E-state index contributed by atoms with van der Waals surface area (Å²) in [4.78, 5) is 24.9. The number of H-pyrrole nitrogens is 1. The average molecular weight is 401 g/mol. The summed E-state index contributed by atoms with van der Waals surface area (Å²) in [6.07, 6.45) is 7.35. The van der Waals surface area contributed by atoms with Crippen molar-refractivity contribution in [3.8, 4) is 11.3 Å². The molecule has 1 fully saturated rings. The second-order valence-corrected chi connectivity index (χ2v) is 7.58. The first-order chi connectivity index (χ1) is 14.7. The second-order valence-electron chi connectivity index (χ2n) is 7.58. The van der Waals surface area contributed by atoms with Crippen LogP contribution in [-0.4, -0.2) is 38.8 Å². The lowest BCUT2D eigenvalue weighted by molar-refractivity contribution is 0.0903. The topological polar surface area (TPSA) is 84.8 Å². The summed E-state index contributed by atoms with van der Waals surface area (Å²) in [5.41, 5.74) is 3.61. The predicted molar refractivity (Wildman–Crippen MR) is 117 cm³/mol. The van der Waals surface area contributed by atoms with Gasteiger partial charge in [-0.05, 0) is 48.1 Å². The molecule has 2 N–H and O–H groups in total. The number of ether oxygens (including phenoxy) is 1. The molecule has 152 valence electrons. The van der Waals surface area contributed by atoms with E-state index in [0.717, 1.165) is 53.8 Å². The van der Waals surface area contributed by atoms with Gasteiger partial charge in [-0.25, -0.2) is 9.97 Å². The third-order valence-electron chi connectivity index (χ3n) is 5.47. The van der Waals surface area contributed by atoms with Crippen LogP contribution in [-0.2, 0) is 11.3 Å². The van der Waals surface area contributed by atoms with Gasteiger partial charge in [0.2, 0.25) is 5.95 Å². The van der Waals surface area contributed by atoms with Gasteiger partial charge in [0.15, 0.2) is 0 Å². The first-order valence-electron chi connectivity index (χ1n) is 10.2. The fourth-order valence-corrected chi connectivity index (χ4v) is 3.80. The van der Waals surface area contributed by atoms with Gasteiger partial charge in [-0.15, -0.1) is 0 Å². The SMILES string of the molecule is O=c1cc(-c2ccnc(NC3CCOCC3)n2)ccn1Cc1ccc2cc[nH]c2c1. The van der Waals surface area contributed by atoms with Crippen LogP contribution in [0.5, 0.6) is 0 Å². The van der Waals surface area contributed by atoms with Crippen molar-refractivity contribution in [1.29, 1.82) is 0 Å². The maximum absolute atomic E-state index is 12.7. The van der Waals surface area contributed by atoms with Gasteiger partial charge in [0.05, 0.1) is 12.2 Å². The Kier molecular flexibility index (Phi) is 5.03. The van der Waals surface area contributed by atoms with Crippen LogP contribution in [0.2, 0.25) is 0 Å². The Hall–Kier alpha value is -3.45. The highest BCUT2D eigenvalue weighted by Gasteiger charge is 2.15. The van der Waals surface area contributed by atoms with E-state index in [9.17, 15) is 4.79 Å². The summed E-state index contributed by atoms with van der Waals surface area (Å²) < 4.78 is 7.10. The van der Waals surface area contributed by atoms with Crippen LogP contribution in [0.3, 0.4) is 0 Å². The van der Waals surface area contributed by atoms with Gasteiger partial charge in [0, 0.05) is 55.0 Å². The number of benzene rings is 1. The molecule has 0 bridgehead atoms. The fourth-order valence-electron chi connectivity index (χ4n) is 3.80. The Labute approximate surface area is 173 Å². The number of nitrogens with zero attached hydrogens (tertiary/aromatic N) is 3. The minimum Gasteiger partial charge on any atom is -0.381 e. The molecule has 1 aromatic carbocycles. The van der Waals surface area contributed by atoms with E-state index in [-0.39, 0.29) is 5.56 Å². The predicted octanol–water partition coefficient (Wildman–Crippen LogP) is 3.43. The summed E-state index contributed by atoms with van der Waals surface area (Å²) in [5.74, 6) is 0.586. The maximum atomic E-state index is 12.7. The van der Waals surface area contributed by atoms with E-state index in [0.29, 0.717) is 18.5 Å². The van der Waals surface area contributed by atoms with Gasteiger partial charge in [0.25, 0.3) is 5.56 Å². The summed E-state index contributed by atoms with van der Waals surface area (Å²) in [7, 11) is 0. The maximum Gasteiger partial charge on any atom is 0.251 e. The number of anilines is 1. The largest absolute Gasteiger partial charge is 0.381 e. The molecule has 0 spiro atoms. The van der Waals surface area contributed by atoms with Gasteiger partial charge in [-0.2, -0.15) is 0 Å². The van der Waals surface area contributed by atoms with Crippen LogP contribution < -0.4 is 10.9 Å². The van der Waals surface area contributed by atoms with Crippen LogP contribution in [0.4, 0.5) is 5.95 Å². The molecule has 0 aliphatic carbocycles. The summed E-state index contributed by atoms with van der Waals surface area (Å²) in [5, 5.41) is 4.54. The Balaban J connectivity index is 1.35. The molecule has 4 aromatic rings. The number of pyridine rings is 1. The number of aromatic amines is 1. The van der Waals surface area contributed by atoms with Crippen LogP contribution >= 0.6 is 0 Å². The molecule has 7 nitrogen and oxygen atoms in total. The van der Waals surface area contributed by atoms with E-state index in [2.05, 4.69) is 38.5 Å². The van der Waals surface area contributed by atoms with Gasteiger partial charge in [-0.1, -0.05) is 12.1 Å². The van der Waals surface area contributed by atoms with E-state index in [4.69, 9.17) is 4.74 Å². The van der Waals surface area contributed by atoms with E-state index < -0.39 is 0 Å². The summed E-state index contributed by atoms with van der Waals surface area (Å²) in [6, 6.07) is 13.9. The zero-order valence-corrected chi connectivity index (χ0v) is 16.5. The van der Waals surface area contributed by atoms with Gasteiger partial charge < -0.3 is 19.6 Å². The molecule has 1 saturated heterocycles. The van der Waals surface area contributed by atoms with Crippen molar-refractivity contribution < 1.29 is 4.74 Å². The minimum atomic E-state index is -0.0587. The average Bonchev–Trinajstić information content (AvgIpc) is 3.24. The Bertz CT molecular complexity index is 1220. The monoisotopic (exact) mass is 401 g/mol. The van der Waals surface area contributed by atoms with Crippen molar-refractivity contribution in [2.24, 2.45) is 0 Å². The van der Waals surface area contributed by atoms with Crippen molar-refractivity contribution in [2.75, 3.05) is 18.5 Å². The molecule has 0 saturated carbocycles. The second kappa shape index (κ2) is 8.12. The normalized spacial score (nSPS) is 14.8. The molecular formula is C23H23N5O2. The van der Waals surface area contributed by atoms with Crippen LogP contribution in [0, 0.1) is 0 Å². The lowest BCUT2D eigenvalue weighted by atomic mass is 10.1. The van der Waals surface area contributed by atoms with E-state index in [1.54, 1.807) is 16.8 Å². The lowest BCUT2D eigenvalue weighted by Gasteiger charge is -2.23. The highest BCUT2D eigenvalue weighted by Crippen LogP contribution is 2.19. The number of fused-ring (bicyclic) bond motifs is 1. The van der Waals surface area contributed by atoms with Crippen molar-refractivity contribution >= 4 is 16.9 Å². The highest BCUT2D eigenvalue weighted by molar-refractivity contribution is 5.79. The fraction of sp³-hybridized carbons (Fsp3) is 0.261.